The first-order valence-electron chi connectivity index (χ1n) is 13.6. The van der Waals surface area contributed by atoms with E-state index < -0.39 is 0 Å². The summed E-state index contributed by atoms with van der Waals surface area (Å²) in [6, 6.07) is 11.1. The monoisotopic (exact) mass is 416 g/mol. The van der Waals surface area contributed by atoms with Crippen LogP contribution in [-0.4, -0.2) is 24.6 Å². The summed E-state index contributed by atoms with van der Waals surface area (Å²) in [5.41, 5.74) is 1.49. The summed E-state index contributed by atoms with van der Waals surface area (Å²) in [5, 5.41) is 0. The molecule has 0 saturated heterocycles. The number of benzene rings is 1. The molecule has 0 amide bonds. The molecule has 1 atom stereocenters. The first kappa shape index (κ1) is 27.2. The van der Waals surface area contributed by atoms with Crippen LogP contribution < -0.4 is 0 Å². The van der Waals surface area contributed by atoms with Gasteiger partial charge in [0.2, 0.25) is 0 Å². The average Bonchev–Trinajstić information content (AvgIpc) is 2.74. The van der Waals surface area contributed by atoms with Gasteiger partial charge in [0, 0.05) is 5.56 Å². The van der Waals surface area contributed by atoms with E-state index in [1.54, 1.807) is 0 Å². The van der Waals surface area contributed by atoms with E-state index in [-0.39, 0.29) is 0 Å². The summed E-state index contributed by atoms with van der Waals surface area (Å²) in [4.78, 5) is 0. The first-order valence-corrected chi connectivity index (χ1v) is 13.6. The molecule has 0 spiro atoms. The standard InChI is InChI=1S/C29H54N/c1-4-6-7-8-9-10-11-12-13-14-15-16-17-18-19-23-27-30(3,26-5-2)28-29-24-21-20-22-25-29/h20-22,24-25H,4-19,23,26-28H2,1-3H3/q+1. The molecule has 0 aliphatic carbocycles. The molecule has 0 aromatic heterocycles. The topological polar surface area (TPSA) is 0 Å². The molecule has 0 heterocycles. The van der Waals surface area contributed by atoms with Gasteiger partial charge in [-0.3, -0.25) is 0 Å². The van der Waals surface area contributed by atoms with Crippen molar-refractivity contribution in [1.29, 1.82) is 0 Å². The van der Waals surface area contributed by atoms with Gasteiger partial charge in [-0.15, -0.1) is 0 Å². The first-order chi connectivity index (χ1) is 14.7. The number of nitrogens with zero attached hydrogens (tertiary/aromatic N) is 1. The van der Waals surface area contributed by atoms with Crippen LogP contribution in [0.15, 0.2) is 30.3 Å². The molecule has 0 radical (unpaired) electrons. The third kappa shape index (κ3) is 15.1. The van der Waals surface area contributed by atoms with Crippen LogP contribution in [0.5, 0.6) is 0 Å². The molecule has 30 heavy (non-hydrogen) atoms. The molecule has 0 aliphatic heterocycles. The fourth-order valence-electron chi connectivity index (χ4n) is 4.88. The zero-order valence-electron chi connectivity index (χ0n) is 21.0. The third-order valence-electron chi connectivity index (χ3n) is 6.72. The van der Waals surface area contributed by atoms with Crippen molar-refractivity contribution in [2.24, 2.45) is 0 Å². The van der Waals surface area contributed by atoms with Gasteiger partial charge in [-0.1, -0.05) is 134 Å². The van der Waals surface area contributed by atoms with E-state index in [4.69, 9.17) is 0 Å². The van der Waals surface area contributed by atoms with Crippen molar-refractivity contribution in [1.82, 2.24) is 0 Å². The predicted molar refractivity (Wildman–Crippen MR) is 136 cm³/mol. The summed E-state index contributed by atoms with van der Waals surface area (Å²) in [6.07, 6.45) is 24.5. The van der Waals surface area contributed by atoms with E-state index in [0.717, 1.165) is 0 Å². The number of hydrogen-bond acceptors (Lipinski definition) is 0. The van der Waals surface area contributed by atoms with Crippen LogP contribution in [0.1, 0.15) is 129 Å². The maximum absolute atomic E-state index is 2.46. The summed E-state index contributed by atoms with van der Waals surface area (Å²) in [7, 11) is 2.46. The van der Waals surface area contributed by atoms with Crippen molar-refractivity contribution in [3.8, 4) is 0 Å². The lowest BCUT2D eigenvalue weighted by Crippen LogP contribution is -2.44. The van der Waals surface area contributed by atoms with Crippen molar-refractivity contribution in [3.05, 3.63) is 35.9 Å². The van der Waals surface area contributed by atoms with E-state index in [2.05, 4.69) is 51.2 Å². The van der Waals surface area contributed by atoms with Gasteiger partial charge in [0.15, 0.2) is 0 Å². The second-order valence-corrected chi connectivity index (χ2v) is 10.0. The number of rotatable bonds is 21. The predicted octanol–water partition coefficient (Wildman–Crippen LogP) is 9.30. The van der Waals surface area contributed by atoms with Crippen molar-refractivity contribution in [3.63, 3.8) is 0 Å². The van der Waals surface area contributed by atoms with Gasteiger partial charge in [0.25, 0.3) is 0 Å². The van der Waals surface area contributed by atoms with Crippen molar-refractivity contribution >= 4 is 0 Å². The second kappa shape index (κ2) is 18.9. The van der Waals surface area contributed by atoms with Gasteiger partial charge >= 0.3 is 0 Å². The summed E-state index contributed by atoms with van der Waals surface area (Å²) < 4.78 is 1.21. The van der Waals surface area contributed by atoms with Crippen LogP contribution in [0.25, 0.3) is 0 Å². The average molecular weight is 417 g/mol. The van der Waals surface area contributed by atoms with Gasteiger partial charge in [-0.05, 0) is 19.3 Å². The molecule has 1 aromatic rings. The smallest absolute Gasteiger partial charge is 0.104 e. The minimum Gasteiger partial charge on any atom is -0.322 e. The molecular weight excluding hydrogens is 362 g/mol. The van der Waals surface area contributed by atoms with Gasteiger partial charge in [0.1, 0.15) is 6.54 Å². The Bertz CT molecular complexity index is 469. The summed E-state index contributed by atoms with van der Waals surface area (Å²) in [6.45, 7) is 8.45. The van der Waals surface area contributed by atoms with E-state index in [9.17, 15) is 0 Å². The van der Waals surface area contributed by atoms with Crippen LogP contribution in [0.2, 0.25) is 0 Å². The van der Waals surface area contributed by atoms with Crippen molar-refractivity contribution in [2.75, 3.05) is 20.1 Å². The van der Waals surface area contributed by atoms with Gasteiger partial charge < -0.3 is 4.48 Å². The lowest BCUT2D eigenvalue weighted by molar-refractivity contribution is -0.922. The van der Waals surface area contributed by atoms with Crippen molar-refractivity contribution < 1.29 is 4.48 Å². The highest BCUT2D eigenvalue weighted by Gasteiger charge is 2.20. The largest absolute Gasteiger partial charge is 0.322 e. The Morgan fingerprint density at radius 3 is 1.37 bits per heavy atom. The Kier molecular flexibility index (Phi) is 17.2. The van der Waals surface area contributed by atoms with Gasteiger partial charge in [-0.25, -0.2) is 0 Å². The Labute approximate surface area is 190 Å². The highest BCUT2D eigenvalue weighted by atomic mass is 15.3. The highest BCUT2D eigenvalue weighted by Crippen LogP contribution is 2.17. The number of quaternary nitrogens is 1. The van der Waals surface area contributed by atoms with Gasteiger partial charge in [0.05, 0.1) is 20.1 Å². The normalized spacial score (nSPS) is 13.4. The molecular formula is C29H54N+. The Morgan fingerprint density at radius 1 is 0.500 bits per heavy atom. The van der Waals surface area contributed by atoms with E-state index >= 15 is 0 Å². The molecule has 0 aliphatic rings. The van der Waals surface area contributed by atoms with Crippen LogP contribution in [0.4, 0.5) is 0 Å². The molecule has 1 unspecified atom stereocenters. The Balaban J connectivity index is 1.94. The van der Waals surface area contributed by atoms with E-state index in [1.807, 2.05) is 0 Å². The van der Waals surface area contributed by atoms with Crippen molar-refractivity contribution in [2.45, 2.75) is 130 Å². The number of hydrogen-bond donors (Lipinski definition) is 0. The molecule has 0 bridgehead atoms. The molecule has 0 N–H and O–H groups in total. The van der Waals surface area contributed by atoms with Crippen LogP contribution >= 0.6 is 0 Å². The molecule has 1 aromatic carbocycles. The SMILES string of the molecule is CCCCCCCCCCCCCCCCCC[N+](C)(CCC)Cc1ccccc1. The quantitative estimate of drug-likeness (QED) is 0.138. The maximum Gasteiger partial charge on any atom is 0.104 e. The van der Waals surface area contributed by atoms with E-state index in [0.29, 0.717) is 0 Å². The lowest BCUT2D eigenvalue weighted by atomic mass is 10.0. The molecule has 0 saturated carbocycles. The molecule has 1 rings (SSSR count). The fourth-order valence-corrected chi connectivity index (χ4v) is 4.88. The second-order valence-electron chi connectivity index (χ2n) is 10.0. The lowest BCUT2D eigenvalue weighted by Gasteiger charge is -2.34. The zero-order chi connectivity index (χ0) is 21.8. The summed E-state index contributed by atoms with van der Waals surface area (Å²) in [5.74, 6) is 0. The molecule has 0 fully saturated rings. The van der Waals surface area contributed by atoms with Crippen LogP contribution in [0, 0.1) is 0 Å². The molecule has 174 valence electrons. The van der Waals surface area contributed by atoms with Crippen LogP contribution in [-0.2, 0) is 6.54 Å². The van der Waals surface area contributed by atoms with Crippen LogP contribution in [0.3, 0.4) is 0 Å². The molecule has 1 heteroatoms. The van der Waals surface area contributed by atoms with Gasteiger partial charge in [-0.2, -0.15) is 0 Å². The highest BCUT2D eigenvalue weighted by molar-refractivity contribution is 5.13. The minimum absolute atomic E-state index is 1.19. The zero-order valence-corrected chi connectivity index (χ0v) is 21.0. The molecule has 1 nitrogen and oxygen atoms in total. The number of unbranched alkanes of at least 4 members (excludes halogenated alkanes) is 15. The minimum atomic E-state index is 1.19. The Hall–Kier alpha value is -0.820. The third-order valence-corrected chi connectivity index (χ3v) is 6.72. The maximum atomic E-state index is 2.46. The Morgan fingerprint density at radius 2 is 0.933 bits per heavy atom. The fraction of sp³-hybridized carbons (Fsp3) is 0.793. The van der Waals surface area contributed by atoms with E-state index in [1.165, 1.54) is 139 Å². The summed E-state index contributed by atoms with van der Waals surface area (Å²) >= 11 is 0.